The fraction of sp³-hybridized carbons (Fsp3) is 0. The number of hydrogen-bond acceptors (Lipinski definition) is 4. The predicted molar refractivity (Wildman–Crippen MR) is 184 cm³/mol. The van der Waals surface area contributed by atoms with Gasteiger partial charge in [-0.3, -0.25) is 0 Å². The third kappa shape index (κ3) is 4.27. The average Bonchev–Trinajstić information content (AvgIpc) is 3.51. The van der Waals surface area contributed by atoms with E-state index in [-0.39, 0.29) is 0 Å². The number of benzene rings is 6. The molecular weight excluding hydrogens is 550 g/mol. The number of furan rings is 1. The predicted octanol–water partition coefficient (Wildman–Crippen LogP) is 10.7. The smallest absolute Gasteiger partial charge is 0.160 e. The van der Waals surface area contributed by atoms with Crippen LogP contribution in [0, 0.1) is 0 Å². The Kier molecular flexibility index (Phi) is 5.78. The van der Waals surface area contributed by atoms with Gasteiger partial charge >= 0.3 is 0 Å². The summed E-state index contributed by atoms with van der Waals surface area (Å²) in [6.45, 7) is 0. The first-order valence-electron chi connectivity index (χ1n) is 15.0. The second-order valence-electron chi connectivity index (χ2n) is 11.2. The van der Waals surface area contributed by atoms with Gasteiger partial charge in [0.2, 0.25) is 0 Å². The molecule has 3 heterocycles. The summed E-state index contributed by atoms with van der Waals surface area (Å²) in [5.74, 6) is 0.700. The van der Waals surface area contributed by atoms with Crippen molar-refractivity contribution in [2.75, 3.05) is 0 Å². The fourth-order valence-electron chi connectivity index (χ4n) is 6.30. The van der Waals surface area contributed by atoms with Gasteiger partial charge < -0.3 is 4.42 Å². The van der Waals surface area contributed by atoms with Crippen molar-refractivity contribution in [2.45, 2.75) is 0 Å². The third-order valence-electron chi connectivity index (χ3n) is 8.49. The van der Waals surface area contributed by atoms with Crippen molar-refractivity contribution in [3.63, 3.8) is 0 Å². The van der Waals surface area contributed by atoms with Crippen LogP contribution in [-0.2, 0) is 0 Å². The molecule has 3 aromatic heterocycles. The van der Waals surface area contributed by atoms with Gasteiger partial charge in [0.1, 0.15) is 11.2 Å². The lowest BCUT2D eigenvalue weighted by Gasteiger charge is -2.12. The molecule has 0 atom stereocenters. The molecule has 0 fully saturated rings. The molecule has 0 aliphatic heterocycles. The molecule has 0 aliphatic carbocycles. The Morgan fingerprint density at radius 3 is 1.73 bits per heavy atom. The van der Waals surface area contributed by atoms with Crippen molar-refractivity contribution in [3.8, 4) is 45.2 Å². The summed E-state index contributed by atoms with van der Waals surface area (Å²) in [6.07, 6.45) is 0. The molecule has 4 heteroatoms. The van der Waals surface area contributed by atoms with Crippen LogP contribution in [0.2, 0.25) is 0 Å². The molecule has 0 aliphatic rings. The van der Waals surface area contributed by atoms with Gasteiger partial charge in [-0.15, -0.1) is 0 Å². The highest BCUT2D eigenvalue weighted by atomic mass is 16.3. The second kappa shape index (κ2) is 10.2. The van der Waals surface area contributed by atoms with Gasteiger partial charge in [-0.05, 0) is 29.7 Å². The Hall–Kier alpha value is -6.13. The lowest BCUT2D eigenvalue weighted by molar-refractivity contribution is 0.672. The van der Waals surface area contributed by atoms with E-state index in [0.717, 1.165) is 82.9 Å². The monoisotopic (exact) mass is 575 g/mol. The first kappa shape index (κ1) is 25.4. The standard InChI is InChI=1S/C41H25N3O/c1-3-11-26(12-4-1)35-25-36(44-41(43-35)29-13-5-2-6-14-29)27-19-21-28(22-20-27)39-38-32(30-15-7-9-17-34(30)42-39)23-24-33-31-16-8-10-18-37(31)45-40(33)38/h1-25H. The average molecular weight is 576 g/mol. The van der Waals surface area contributed by atoms with E-state index >= 15 is 0 Å². The van der Waals surface area contributed by atoms with Crippen molar-refractivity contribution >= 4 is 43.6 Å². The molecule has 210 valence electrons. The molecule has 4 nitrogen and oxygen atoms in total. The summed E-state index contributed by atoms with van der Waals surface area (Å²) in [7, 11) is 0. The quantitative estimate of drug-likeness (QED) is 0.196. The summed E-state index contributed by atoms with van der Waals surface area (Å²) < 4.78 is 6.52. The number of nitrogens with zero attached hydrogens (tertiary/aromatic N) is 3. The first-order valence-corrected chi connectivity index (χ1v) is 15.0. The number of aromatic nitrogens is 3. The van der Waals surface area contributed by atoms with Gasteiger partial charge in [0.15, 0.2) is 5.82 Å². The largest absolute Gasteiger partial charge is 0.455 e. The molecule has 6 aromatic carbocycles. The van der Waals surface area contributed by atoms with Crippen LogP contribution in [-0.4, -0.2) is 15.0 Å². The summed E-state index contributed by atoms with van der Waals surface area (Å²) in [5.41, 5.74) is 9.41. The topological polar surface area (TPSA) is 51.8 Å². The normalized spacial score (nSPS) is 11.6. The van der Waals surface area contributed by atoms with Gasteiger partial charge in [0, 0.05) is 38.4 Å². The molecule has 0 saturated carbocycles. The first-order chi connectivity index (χ1) is 22.3. The van der Waals surface area contributed by atoms with Gasteiger partial charge in [0.05, 0.1) is 28.0 Å². The minimum Gasteiger partial charge on any atom is -0.455 e. The van der Waals surface area contributed by atoms with E-state index < -0.39 is 0 Å². The summed E-state index contributed by atoms with van der Waals surface area (Å²) in [5, 5.41) is 5.46. The lowest BCUT2D eigenvalue weighted by atomic mass is 9.97. The molecule has 0 spiro atoms. The van der Waals surface area contributed by atoms with E-state index in [1.54, 1.807) is 0 Å². The summed E-state index contributed by atoms with van der Waals surface area (Å²) in [6, 6.07) is 51.9. The van der Waals surface area contributed by atoms with Crippen molar-refractivity contribution in [2.24, 2.45) is 0 Å². The molecule has 0 unspecified atom stereocenters. The summed E-state index contributed by atoms with van der Waals surface area (Å²) in [4.78, 5) is 15.2. The molecular formula is C41H25N3O. The minimum absolute atomic E-state index is 0.700. The highest BCUT2D eigenvalue weighted by Crippen LogP contribution is 2.41. The summed E-state index contributed by atoms with van der Waals surface area (Å²) >= 11 is 0. The van der Waals surface area contributed by atoms with Crippen molar-refractivity contribution in [1.29, 1.82) is 0 Å². The maximum Gasteiger partial charge on any atom is 0.160 e. The maximum atomic E-state index is 6.52. The molecule has 0 amide bonds. The number of para-hydroxylation sites is 2. The van der Waals surface area contributed by atoms with Crippen LogP contribution in [0.5, 0.6) is 0 Å². The van der Waals surface area contributed by atoms with Crippen molar-refractivity contribution < 1.29 is 4.42 Å². The molecule has 0 N–H and O–H groups in total. The third-order valence-corrected chi connectivity index (χ3v) is 8.49. The van der Waals surface area contributed by atoms with Crippen LogP contribution in [0.25, 0.3) is 88.8 Å². The van der Waals surface area contributed by atoms with Crippen LogP contribution >= 0.6 is 0 Å². The molecule has 9 rings (SSSR count). The molecule has 0 bridgehead atoms. The van der Waals surface area contributed by atoms with Crippen LogP contribution in [0.15, 0.2) is 156 Å². The van der Waals surface area contributed by atoms with E-state index in [9.17, 15) is 0 Å². The van der Waals surface area contributed by atoms with Crippen LogP contribution in [0.1, 0.15) is 0 Å². The SMILES string of the molecule is c1ccc(-c2cc(-c3ccc(-c4nc5ccccc5c5ccc6c7ccccc7oc6c45)cc3)nc(-c3ccccc3)n2)cc1. The van der Waals surface area contributed by atoms with E-state index in [0.29, 0.717) is 5.82 Å². The van der Waals surface area contributed by atoms with E-state index in [1.165, 1.54) is 0 Å². The Labute approximate surface area is 259 Å². The number of fused-ring (bicyclic) bond motifs is 7. The van der Waals surface area contributed by atoms with Gasteiger partial charge in [-0.2, -0.15) is 0 Å². The lowest BCUT2D eigenvalue weighted by Crippen LogP contribution is -1.96. The van der Waals surface area contributed by atoms with Crippen molar-refractivity contribution in [1.82, 2.24) is 15.0 Å². The van der Waals surface area contributed by atoms with Gasteiger partial charge in [-0.1, -0.05) is 127 Å². The fourth-order valence-corrected chi connectivity index (χ4v) is 6.30. The van der Waals surface area contributed by atoms with E-state index in [2.05, 4.69) is 84.9 Å². The van der Waals surface area contributed by atoms with E-state index in [1.807, 2.05) is 66.7 Å². The number of pyridine rings is 1. The molecule has 0 saturated heterocycles. The Morgan fingerprint density at radius 2 is 0.978 bits per heavy atom. The van der Waals surface area contributed by atoms with E-state index in [4.69, 9.17) is 19.4 Å². The Balaban J connectivity index is 1.23. The zero-order valence-corrected chi connectivity index (χ0v) is 24.2. The number of rotatable bonds is 4. The van der Waals surface area contributed by atoms with Crippen molar-refractivity contribution in [3.05, 3.63) is 152 Å². The second-order valence-corrected chi connectivity index (χ2v) is 11.2. The zero-order chi connectivity index (χ0) is 29.7. The van der Waals surface area contributed by atoms with Crippen LogP contribution in [0.3, 0.4) is 0 Å². The minimum atomic E-state index is 0.700. The Morgan fingerprint density at radius 1 is 0.400 bits per heavy atom. The van der Waals surface area contributed by atoms with Crippen LogP contribution < -0.4 is 0 Å². The van der Waals surface area contributed by atoms with Gasteiger partial charge in [-0.25, -0.2) is 15.0 Å². The number of hydrogen-bond donors (Lipinski definition) is 0. The zero-order valence-electron chi connectivity index (χ0n) is 24.2. The Bertz CT molecular complexity index is 2460. The molecule has 0 radical (unpaired) electrons. The highest BCUT2D eigenvalue weighted by molar-refractivity contribution is 6.23. The van der Waals surface area contributed by atoms with Crippen LogP contribution in [0.4, 0.5) is 0 Å². The maximum absolute atomic E-state index is 6.52. The van der Waals surface area contributed by atoms with Gasteiger partial charge in [0.25, 0.3) is 0 Å². The molecule has 9 aromatic rings. The molecule has 45 heavy (non-hydrogen) atoms. The highest BCUT2D eigenvalue weighted by Gasteiger charge is 2.18.